The third-order valence-corrected chi connectivity index (χ3v) is 3.12. The highest BCUT2D eigenvalue weighted by molar-refractivity contribution is 5.84. The van der Waals surface area contributed by atoms with Crippen LogP contribution in [0.25, 0.3) is 10.9 Å². The molecule has 0 spiro atoms. The quantitative estimate of drug-likeness (QED) is 0.814. The Bertz CT molecular complexity index is 505. The van der Waals surface area contributed by atoms with E-state index >= 15 is 0 Å². The highest BCUT2D eigenvalue weighted by Crippen LogP contribution is 2.26. The average molecular weight is 231 g/mol. The van der Waals surface area contributed by atoms with Gasteiger partial charge in [0.25, 0.3) is 0 Å². The first-order chi connectivity index (χ1) is 7.96. The summed E-state index contributed by atoms with van der Waals surface area (Å²) in [5.74, 6) is 0.342. The normalized spacial score (nSPS) is 12.2. The van der Waals surface area contributed by atoms with Crippen LogP contribution >= 0.6 is 0 Å². The zero-order valence-corrected chi connectivity index (χ0v) is 10.9. The van der Waals surface area contributed by atoms with Crippen LogP contribution in [0.15, 0.2) is 24.4 Å². The summed E-state index contributed by atoms with van der Waals surface area (Å²) in [5, 5.41) is 10.7. The summed E-state index contributed by atoms with van der Waals surface area (Å²) in [6, 6.07) is 5.49. The van der Waals surface area contributed by atoms with Crippen molar-refractivity contribution in [3.63, 3.8) is 0 Å². The summed E-state index contributed by atoms with van der Waals surface area (Å²) in [4.78, 5) is 3.25. The molecule has 2 aromatic rings. The van der Waals surface area contributed by atoms with Crippen LogP contribution in [-0.2, 0) is 6.42 Å². The van der Waals surface area contributed by atoms with Crippen molar-refractivity contribution in [2.24, 2.45) is 5.41 Å². The largest absolute Gasteiger partial charge is 0.508 e. The van der Waals surface area contributed by atoms with Gasteiger partial charge in [-0.15, -0.1) is 0 Å². The van der Waals surface area contributed by atoms with Gasteiger partial charge in [-0.3, -0.25) is 0 Å². The van der Waals surface area contributed by atoms with E-state index in [1.54, 1.807) is 6.07 Å². The molecule has 2 rings (SSSR count). The molecule has 0 atom stereocenters. The van der Waals surface area contributed by atoms with Crippen LogP contribution in [0.5, 0.6) is 5.75 Å². The number of aromatic hydroxyl groups is 1. The number of aromatic nitrogens is 1. The molecule has 2 heteroatoms. The monoisotopic (exact) mass is 231 g/mol. The van der Waals surface area contributed by atoms with E-state index in [1.807, 2.05) is 12.1 Å². The third-order valence-electron chi connectivity index (χ3n) is 3.12. The topological polar surface area (TPSA) is 36.0 Å². The van der Waals surface area contributed by atoms with Crippen molar-refractivity contribution in [3.8, 4) is 5.75 Å². The number of aromatic amines is 1. The van der Waals surface area contributed by atoms with E-state index in [0.29, 0.717) is 11.2 Å². The van der Waals surface area contributed by atoms with Gasteiger partial charge in [0.2, 0.25) is 0 Å². The summed E-state index contributed by atoms with van der Waals surface area (Å²) in [7, 11) is 0. The molecule has 2 N–H and O–H groups in total. The Balaban J connectivity index is 2.11. The van der Waals surface area contributed by atoms with E-state index in [1.165, 1.54) is 18.4 Å². The van der Waals surface area contributed by atoms with Gasteiger partial charge in [-0.1, -0.05) is 20.8 Å². The fraction of sp³-hybridized carbons (Fsp3) is 0.467. The Hall–Kier alpha value is -1.44. The first-order valence-electron chi connectivity index (χ1n) is 6.25. The molecule has 92 valence electrons. The first kappa shape index (κ1) is 12.0. The van der Waals surface area contributed by atoms with E-state index in [2.05, 4.69) is 32.0 Å². The maximum Gasteiger partial charge on any atom is 0.116 e. The molecule has 0 aliphatic heterocycles. The van der Waals surface area contributed by atoms with Gasteiger partial charge in [0, 0.05) is 17.1 Å². The molecule has 0 radical (unpaired) electrons. The number of benzene rings is 1. The molecule has 0 saturated carbocycles. The van der Waals surface area contributed by atoms with E-state index in [-0.39, 0.29) is 0 Å². The zero-order valence-electron chi connectivity index (χ0n) is 10.9. The number of rotatable bonds is 3. The molecule has 0 aliphatic rings. The van der Waals surface area contributed by atoms with Crippen molar-refractivity contribution < 1.29 is 5.11 Å². The van der Waals surface area contributed by atoms with Gasteiger partial charge < -0.3 is 10.1 Å². The van der Waals surface area contributed by atoms with Gasteiger partial charge in [-0.05, 0) is 48.4 Å². The summed E-state index contributed by atoms with van der Waals surface area (Å²) in [5.41, 5.74) is 2.81. The third kappa shape index (κ3) is 3.02. The predicted octanol–water partition coefficient (Wildman–Crippen LogP) is 4.24. The van der Waals surface area contributed by atoms with Crippen LogP contribution in [0.2, 0.25) is 0 Å². The van der Waals surface area contributed by atoms with Crippen molar-refractivity contribution in [2.45, 2.75) is 40.0 Å². The fourth-order valence-corrected chi connectivity index (χ4v) is 2.18. The van der Waals surface area contributed by atoms with Crippen LogP contribution in [-0.4, -0.2) is 10.1 Å². The maximum absolute atomic E-state index is 9.51. The number of nitrogens with one attached hydrogen (secondary N) is 1. The lowest BCUT2D eigenvalue weighted by Gasteiger charge is -2.17. The van der Waals surface area contributed by atoms with Crippen molar-refractivity contribution in [1.29, 1.82) is 0 Å². The van der Waals surface area contributed by atoms with Gasteiger partial charge >= 0.3 is 0 Å². The molecule has 1 aromatic carbocycles. The van der Waals surface area contributed by atoms with Crippen LogP contribution in [0.1, 0.15) is 39.2 Å². The average Bonchev–Trinajstić information content (AvgIpc) is 2.59. The molecular weight excluding hydrogens is 210 g/mol. The minimum absolute atomic E-state index is 0.342. The van der Waals surface area contributed by atoms with Crippen molar-refractivity contribution in [1.82, 2.24) is 4.98 Å². The highest BCUT2D eigenvalue weighted by Gasteiger charge is 2.10. The van der Waals surface area contributed by atoms with Crippen LogP contribution in [0, 0.1) is 5.41 Å². The summed E-state index contributed by atoms with van der Waals surface area (Å²) in [6.07, 6.45) is 5.54. The molecular formula is C15H21NO. The molecule has 0 unspecified atom stereocenters. The van der Waals surface area contributed by atoms with Gasteiger partial charge in [-0.25, -0.2) is 0 Å². The lowest BCUT2D eigenvalue weighted by Crippen LogP contribution is -2.04. The second-order valence-electron chi connectivity index (χ2n) is 5.96. The number of H-pyrrole nitrogens is 1. The molecule has 0 saturated heterocycles. The van der Waals surface area contributed by atoms with Crippen molar-refractivity contribution in [2.75, 3.05) is 0 Å². The Kier molecular flexibility index (Phi) is 3.14. The number of hydrogen-bond donors (Lipinski definition) is 2. The van der Waals surface area contributed by atoms with Gasteiger partial charge in [0.05, 0.1) is 0 Å². The van der Waals surface area contributed by atoms with E-state index in [0.717, 1.165) is 17.3 Å². The highest BCUT2D eigenvalue weighted by atomic mass is 16.3. The van der Waals surface area contributed by atoms with Crippen LogP contribution in [0.3, 0.4) is 0 Å². The summed E-state index contributed by atoms with van der Waals surface area (Å²) in [6.45, 7) is 6.82. The minimum atomic E-state index is 0.342. The Morgan fingerprint density at radius 3 is 2.71 bits per heavy atom. The fourth-order valence-electron chi connectivity index (χ4n) is 2.18. The molecule has 0 aliphatic carbocycles. The summed E-state index contributed by atoms with van der Waals surface area (Å²) >= 11 is 0. The first-order valence-corrected chi connectivity index (χ1v) is 6.25. The van der Waals surface area contributed by atoms with E-state index in [9.17, 15) is 5.11 Å². The number of aryl methyl sites for hydroxylation is 1. The van der Waals surface area contributed by atoms with Gasteiger partial charge in [0.15, 0.2) is 0 Å². The van der Waals surface area contributed by atoms with Crippen LogP contribution in [0.4, 0.5) is 0 Å². The Morgan fingerprint density at radius 1 is 1.24 bits per heavy atom. The second-order valence-corrected chi connectivity index (χ2v) is 5.96. The second kappa shape index (κ2) is 4.44. The zero-order chi connectivity index (χ0) is 12.5. The standard InChI is InChI=1S/C15H21NO/c1-15(2,3)8-4-5-11-10-16-14-7-6-12(17)9-13(11)14/h6-7,9-10,16-17H,4-5,8H2,1-3H3. The minimum Gasteiger partial charge on any atom is -0.508 e. The lowest BCUT2D eigenvalue weighted by molar-refractivity contribution is 0.366. The smallest absolute Gasteiger partial charge is 0.116 e. The van der Waals surface area contributed by atoms with E-state index in [4.69, 9.17) is 0 Å². The molecule has 1 heterocycles. The van der Waals surface area contributed by atoms with Gasteiger partial charge in [0.1, 0.15) is 5.75 Å². The Labute approximate surface area is 103 Å². The SMILES string of the molecule is CC(C)(C)CCCc1c[nH]c2ccc(O)cc12. The number of phenolic OH excluding ortho intramolecular Hbond substituents is 1. The maximum atomic E-state index is 9.51. The van der Waals surface area contributed by atoms with Gasteiger partial charge in [-0.2, -0.15) is 0 Å². The number of fused-ring (bicyclic) bond motifs is 1. The van der Waals surface area contributed by atoms with E-state index < -0.39 is 0 Å². The number of hydrogen-bond acceptors (Lipinski definition) is 1. The van der Waals surface area contributed by atoms with Crippen LogP contribution < -0.4 is 0 Å². The molecule has 0 bridgehead atoms. The van der Waals surface area contributed by atoms with Crippen molar-refractivity contribution >= 4 is 10.9 Å². The molecule has 1 aromatic heterocycles. The molecule has 0 fully saturated rings. The molecule has 2 nitrogen and oxygen atoms in total. The van der Waals surface area contributed by atoms with Crippen molar-refractivity contribution in [3.05, 3.63) is 30.0 Å². The Morgan fingerprint density at radius 2 is 2.00 bits per heavy atom. The molecule has 0 amide bonds. The summed E-state index contributed by atoms with van der Waals surface area (Å²) < 4.78 is 0. The number of phenols is 1. The predicted molar refractivity (Wildman–Crippen MR) is 72.4 cm³/mol. The molecule has 17 heavy (non-hydrogen) atoms. The lowest BCUT2D eigenvalue weighted by atomic mass is 9.89.